The Hall–Kier alpha value is -2.13. The first-order valence-corrected chi connectivity index (χ1v) is 6.40. The largest absolute Gasteiger partial charge is 0.493 e. The van der Waals surface area contributed by atoms with Crippen molar-refractivity contribution >= 4 is 12.2 Å². The zero-order valence-electron chi connectivity index (χ0n) is 10.8. The molecule has 2 aromatic rings. The van der Waals surface area contributed by atoms with E-state index in [-0.39, 0.29) is 0 Å². The number of para-hydroxylation sites is 1. The van der Waals surface area contributed by atoms with E-state index in [1.54, 1.807) is 12.4 Å². The third-order valence-corrected chi connectivity index (χ3v) is 2.69. The second kappa shape index (κ2) is 7.34. The number of pyridine rings is 1. The van der Waals surface area contributed by atoms with Crippen molar-refractivity contribution in [3.63, 3.8) is 0 Å². The fraction of sp³-hybridized carbons (Fsp3) is 0.188. The molecule has 0 spiro atoms. The molecule has 0 fully saturated rings. The molecule has 0 aliphatic heterocycles. The second-order valence-electron chi connectivity index (χ2n) is 4.14. The number of nitrogens with two attached hydrogens (primary N) is 1. The second-order valence-corrected chi connectivity index (χ2v) is 4.14. The topological polar surface area (TPSA) is 48.1 Å². The molecule has 2 rings (SSSR count). The highest BCUT2D eigenvalue weighted by atomic mass is 16.5. The molecule has 3 heteroatoms. The van der Waals surface area contributed by atoms with Crippen molar-refractivity contribution in [3.05, 3.63) is 59.9 Å². The third kappa shape index (κ3) is 4.23. The molecular formula is C16H18N2O. The Kier molecular flexibility index (Phi) is 5.14. The number of nitrogens with zero attached hydrogens (tertiary/aromatic N) is 1. The van der Waals surface area contributed by atoms with Gasteiger partial charge in [-0.05, 0) is 36.7 Å². The Morgan fingerprint density at radius 1 is 1.05 bits per heavy atom. The van der Waals surface area contributed by atoms with Crippen LogP contribution in [0.3, 0.4) is 0 Å². The minimum absolute atomic E-state index is 0.648. The van der Waals surface area contributed by atoms with Crippen molar-refractivity contribution in [1.82, 2.24) is 4.98 Å². The van der Waals surface area contributed by atoms with Crippen LogP contribution in [-0.2, 0) is 0 Å². The van der Waals surface area contributed by atoms with Crippen LogP contribution in [0.15, 0.2) is 48.8 Å². The van der Waals surface area contributed by atoms with E-state index in [1.165, 1.54) is 0 Å². The van der Waals surface area contributed by atoms with Crippen molar-refractivity contribution in [2.24, 2.45) is 5.73 Å². The molecule has 3 nitrogen and oxygen atoms in total. The first-order valence-electron chi connectivity index (χ1n) is 6.40. The molecule has 1 aromatic carbocycles. The van der Waals surface area contributed by atoms with Crippen molar-refractivity contribution in [1.29, 1.82) is 0 Å². The maximum Gasteiger partial charge on any atom is 0.126 e. The van der Waals surface area contributed by atoms with Crippen molar-refractivity contribution in [2.45, 2.75) is 6.42 Å². The monoisotopic (exact) mass is 254 g/mol. The van der Waals surface area contributed by atoms with Gasteiger partial charge in [0.2, 0.25) is 0 Å². The standard InChI is InChI=1S/C16H18N2O/c17-10-3-13-19-16-5-2-1-4-15(16)7-6-14-8-11-18-12-9-14/h1-2,4-9,11-12H,3,10,13,17H2/b7-6+. The van der Waals surface area contributed by atoms with Crippen LogP contribution in [0.2, 0.25) is 0 Å². The van der Waals surface area contributed by atoms with Crippen LogP contribution < -0.4 is 10.5 Å². The molecule has 0 bridgehead atoms. The summed E-state index contributed by atoms with van der Waals surface area (Å²) in [5.74, 6) is 0.890. The van der Waals surface area contributed by atoms with Crippen LogP contribution in [0, 0.1) is 0 Å². The first-order chi connectivity index (χ1) is 9.40. The van der Waals surface area contributed by atoms with Crippen molar-refractivity contribution < 1.29 is 4.74 Å². The highest BCUT2D eigenvalue weighted by Gasteiger charge is 1.99. The summed E-state index contributed by atoms with van der Waals surface area (Å²) in [5, 5.41) is 0. The maximum absolute atomic E-state index is 5.72. The highest BCUT2D eigenvalue weighted by molar-refractivity contribution is 5.72. The number of ether oxygens (including phenoxy) is 1. The number of hydrogen-bond donors (Lipinski definition) is 1. The van der Waals surface area contributed by atoms with Crippen LogP contribution in [0.25, 0.3) is 12.2 Å². The average molecular weight is 254 g/mol. The van der Waals surface area contributed by atoms with Crippen molar-refractivity contribution in [3.8, 4) is 5.75 Å². The Balaban J connectivity index is 2.09. The van der Waals surface area contributed by atoms with E-state index in [2.05, 4.69) is 4.98 Å². The summed E-state index contributed by atoms with van der Waals surface area (Å²) >= 11 is 0. The molecule has 0 unspecified atom stereocenters. The van der Waals surface area contributed by atoms with E-state index in [9.17, 15) is 0 Å². The molecule has 0 aliphatic rings. The van der Waals surface area contributed by atoms with Crippen LogP contribution in [-0.4, -0.2) is 18.1 Å². The zero-order valence-corrected chi connectivity index (χ0v) is 10.8. The van der Waals surface area contributed by atoms with Gasteiger partial charge >= 0.3 is 0 Å². The highest BCUT2D eigenvalue weighted by Crippen LogP contribution is 2.20. The predicted molar refractivity (Wildman–Crippen MR) is 78.8 cm³/mol. The Morgan fingerprint density at radius 3 is 2.63 bits per heavy atom. The lowest BCUT2D eigenvalue weighted by atomic mass is 10.1. The van der Waals surface area contributed by atoms with Gasteiger partial charge in [0.25, 0.3) is 0 Å². The van der Waals surface area contributed by atoms with Crippen LogP contribution >= 0.6 is 0 Å². The lowest BCUT2D eigenvalue weighted by molar-refractivity contribution is 0.313. The number of hydrogen-bond acceptors (Lipinski definition) is 3. The number of rotatable bonds is 6. The van der Waals surface area contributed by atoms with Gasteiger partial charge in [0.05, 0.1) is 6.61 Å². The van der Waals surface area contributed by atoms with Gasteiger partial charge in [0, 0.05) is 18.0 Å². The van der Waals surface area contributed by atoms with Crippen molar-refractivity contribution in [2.75, 3.05) is 13.2 Å². The lowest BCUT2D eigenvalue weighted by Gasteiger charge is -2.08. The summed E-state index contributed by atoms with van der Waals surface area (Å²) in [6.07, 6.45) is 8.52. The summed E-state index contributed by atoms with van der Waals surface area (Å²) in [6.45, 7) is 1.30. The maximum atomic E-state index is 5.72. The van der Waals surface area contributed by atoms with E-state index in [0.717, 1.165) is 23.3 Å². The fourth-order valence-corrected chi connectivity index (χ4v) is 1.68. The van der Waals surface area contributed by atoms with Gasteiger partial charge in [0.1, 0.15) is 5.75 Å². The Bertz CT molecular complexity index is 523. The van der Waals surface area contributed by atoms with Gasteiger partial charge in [-0.3, -0.25) is 4.98 Å². The number of benzene rings is 1. The van der Waals surface area contributed by atoms with E-state index in [0.29, 0.717) is 13.2 Å². The van der Waals surface area contributed by atoms with Gasteiger partial charge in [-0.1, -0.05) is 30.4 Å². The molecule has 2 N–H and O–H groups in total. The van der Waals surface area contributed by atoms with E-state index >= 15 is 0 Å². The molecule has 0 aliphatic carbocycles. The summed E-state index contributed by atoms with van der Waals surface area (Å²) in [4.78, 5) is 4.00. The van der Waals surface area contributed by atoms with Gasteiger partial charge in [-0.2, -0.15) is 0 Å². The quantitative estimate of drug-likeness (QED) is 0.806. The summed E-state index contributed by atoms with van der Waals surface area (Å²) in [5.41, 5.74) is 7.65. The molecule has 1 heterocycles. The Labute approximate surface area is 113 Å². The van der Waals surface area contributed by atoms with Gasteiger partial charge in [-0.25, -0.2) is 0 Å². The molecule has 19 heavy (non-hydrogen) atoms. The predicted octanol–water partition coefficient (Wildman–Crippen LogP) is 2.98. The molecule has 0 radical (unpaired) electrons. The van der Waals surface area contributed by atoms with Crippen LogP contribution in [0.4, 0.5) is 0 Å². The minimum Gasteiger partial charge on any atom is -0.493 e. The lowest BCUT2D eigenvalue weighted by Crippen LogP contribution is -2.06. The number of aromatic nitrogens is 1. The summed E-state index contributed by atoms with van der Waals surface area (Å²) in [7, 11) is 0. The van der Waals surface area contributed by atoms with E-state index in [4.69, 9.17) is 10.5 Å². The van der Waals surface area contributed by atoms with E-state index < -0.39 is 0 Å². The summed E-state index contributed by atoms with van der Waals surface area (Å²) in [6, 6.07) is 11.9. The zero-order chi connectivity index (χ0) is 13.3. The molecule has 0 saturated heterocycles. The van der Waals surface area contributed by atoms with Crippen LogP contribution in [0.1, 0.15) is 17.5 Å². The molecule has 98 valence electrons. The van der Waals surface area contributed by atoms with Gasteiger partial charge in [-0.15, -0.1) is 0 Å². The van der Waals surface area contributed by atoms with Gasteiger partial charge < -0.3 is 10.5 Å². The normalized spacial score (nSPS) is 10.8. The molecular weight excluding hydrogens is 236 g/mol. The minimum atomic E-state index is 0.648. The molecule has 0 saturated carbocycles. The third-order valence-electron chi connectivity index (χ3n) is 2.69. The molecule has 1 aromatic heterocycles. The SMILES string of the molecule is NCCCOc1ccccc1/C=C/c1ccncc1. The fourth-order valence-electron chi connectivity index (χ4n) is 1.68. The Morgan fingerprint density at radius 2 is 1.84 bits per heavy atom. The summed E-state index contributed by atoms with van der Waals surface area (Å²) < 4.78 is 5.72. The van der Waals surface area contributed by atoms with Gasteiger partial charge in [0.15, 0.2) is 0 Å². The molecule has 0 atom stereocenters. The van der Waals surface area contributed by atoms with E-state index in [1.807, 2.05) is 48.6 Å². The average Bonchev–Trinajstić information content (AvgIpc) is 2.48. The molecule has 0 amide bonds. The smallest absolute Gasteiger partial charge is 0.126 e. The van der Waals surface area contributed by atoms with Crippen LogP contribution in [0.5, 0.6) is 5.75 Å². The first kappa shape index (κ1) is 13.3.